The predicted molar refractivity (Wildman–Crippen MR) is 101 cm³/mol. The van der Waals surface area contributed by atoms with Gasteiger partial charge in [-0.1, -0.05) is 23.7 Å². The molecule has 23 heavy (non-hydrogen) atoms. The van der Waals surface area contributed by atoms with Crippen molar-refractivity contribution in [3.63, 3.8) is 0 Å². The highest BCUT2D eigenvalue weighted by atomic mass is 35.5. The molecule has 0 spiro atoms. The highest BCUT2D eigenvalue weighted by Gasteiger charge is 2.39. The molecule has 124 valence electrons. The first-order chi connectivity index (χ1) is 10.2. The van der Waals surface area contributed by atoms with E-state index >= 15 is 0 Å². The van der Waals surface area contributed by atoms with Crippen LogP contribution in [0.25, 0.3) is 11.1 Å². The number of halogens is 3. The van der Waals surface area contributed by atoms with Crippen molar-refractivity contribution in [2.24, 2.45) is 0 Å². The fourth-order valence-corrected chi connectivity index (χ4v) is 3.94. The first kappa shape index (κ1) is 18.3. The molecule has 0 saturated carbocycles. The zero-order valence-electron chi connectivity index (χ0n) is 12.5. The fourth-order valence-electron chi connectivity index (χ4n) is 3.72. The fraction of sp³-hybridized carbons (Fsp3) is 0.353. The zero-order chi connectivity index (χ0) is 14.4. The summed E-state index contributed by atoms with van der Waals surface area (Å²) in [5, 5.41) is 4.24. The number of hydrogen-bond donors (Lipinski definition) is 2. The molecule has 0 amide bonds. The van der Waals surface area contributed by atoms with Crippen molar-refractivity contribution in [1.29, 1.82) is 0 Å². The molecule has 2 saturated heterocycles. The van der Waals surface area contributed by atoms with Crippen LogP contribution in [0.15, 0.2) is 36.5 Å². The molecule has 1 aromatic heterocycles. The summed E-state index contributed by atoms with van der Waals surface area (Å²) in [5.74, 6) is 0.570. The Balaban J connectivity index is 0.000000960. The SMILES string of the molecule is Cl.Cl.Nc1ccc(-c2cc([C@H]3C[C@@H]4CC[C@H]3N4)cnc2Cl)cc1. The van der Waals surface area contributed by atoms with Crippen LogP contribution in [0, 0.1) is 0 Å². The Morgan fingerprint density at radius 1 is 1.13 bits per heavy atom. The highest BCUT2D eigenvalue weighted by Crippen LogP contribution is 2.41. The molecule has 0 unspecified atom stereocenters. The van der Waals surface area contributed by atoms with Crippen LogP contribution in [-0.2, 0) is 0 Å². The molecule has 0 aliphatic carbocycles. The van der Waals surface area contributed by atoms with Gasteiger partial charge in [-0.25, -0.2) is 4.98 Å². The maximum atomic E-state index is 6.30. The number of nitrogen functional groups attached to an aromatic ring is 1. The van der Waals surface area contributed by atoms with Crippen LogP contribution in [0.2, 0.25) is 5.15 Å². The van der Waals surface area contributed by atoms with Crippen LogP contribution >= 0.6 is 36.4 Å². The second kappa shape index (κ2) is 7.27. The molecule has 2 aliphatic rings. The Hall–Kier alpha value is -1.00. The molecule has 2 fully saturated rings. The van der Waals surface area contributed by atoms with Crippen LogP contribution in [0.1, 0.15) is 30.7 Å². The van der Waals surface area contributed by atoms with Gasteiger partial charge in [0.2, 0.25) is 0 Å². The number of pyridine rings is 1. The molecule has 2 bridgehead atoms. The van der Waals surface area contributed by atoms with Crippen molar-refractivity contribution < 1.29 is 0 Å². The number of fused-ring (bicyclic) bond motifs is 2. The van der Waals surface area contributed by atoms with E-state index in [0.29, 0.717) is 23.2 Å². The van der Waals surface area contributed by atoms with Crippen molar-refractivity contribution in [2.45, 2.75) is 37.3 Å². The molecular weight excluding hydrogens is 353 g/mol. The minimum atomic E-state index is 0. The van der Waals surface area contributed by atoms with Gasteiger partial charge in [-0.2, -0.15) is 0 Å². The van der Waals surface area contributed by atoms with E-state index in [1.54, 1.807) is 0 Å². The number of anilines is 1. The van der Waals surface area contributed by atoms with E-state index in [-0.39, 0.29) is 24.8 Å². The van der Waals surface area contributed by atoms with E-state index < -0.39 is 0 Å². The molecule has 3 nitrogen and oxygen atoms in total. The standard InChI is InChI=1S/C17H18ClN3.2ClH/c18-17-15(10-1-3-12(19)4-2-10)7-11(9-20-17)14-8-13-5-6-16(14)21-13;;/h1-4,7,9,13-14,16,21H,5-6,8,19H2;2*1H/t13-,14+,16+;;/m0../s1. The van der Waals surface area contributed by atoms with E-state index in [0.717, 1.165) is 16.8 Å². The summed E-state index contributed by atoms with van der Waals surface area (Å²) in [6.45, 7) is 0. The molecule has 1 aromatic carbocycles. The number of aromatic nitrogens is 1. The molecule has 4 rings (SSSR count). The topological polar surface area (TPSA) is 50.9 Å². The van der Waals surface area contributed by atoms with Crippen molar-refractivity contribution in [3.8, 4) is 11.1 Å². The van der Waals surface area contributed by atoms with E-state index in [1.165, 1.54) is 24.8 Å². The van der Waals surface area contributed by atoms with Gasteiger partial charge >= 0.3 is 0 Å². The predicted octanol–water partition coefficient (Wildman–Crippen LogP) is 4.44. The Morgan fingerprint density at radius 3 is 2.48 bits per heavy atom. The first-order valence-corrected chi connectivity index (χ1v) is 7.86. The normalized spacial score (nSPS) is 24.8. The van der Waals surface area contributed by atoms with Crippen molar-refractivity contribution in [1.82, 2.24) is 10.3 Å². The van der Waals surface area contributed by atoms with Gasteiger partial charge in [-0.15, -0.1) is 24.8 Å². The number of hydrogen-bond acceptors (Lipinski definition) is 3. The van der Waals surface area contributed by atoms with E-state index in [1.807, 2.05) is 30.5 Å². The van der Waals surface area contributed by atoms with Gasteiger partial charge in [0.15, 0.2) is 0 Å². The lowest BCUT2D eigenvalue weighted by Gasteiger charge is -2.21. The first-order valence-electron chi connectivity index (χ1n) is 7.48. The molecule has 3 N–H and O–H groups in total. The van der Waals surface area contributed by atoms with Gasteiger partial charge in [0.1, 0.15) is 5.15 Å². The minimum absolute atomic E-state index is 0. The number of nitrogens with two attached hydrogens (primary N) is 1. The molecule has 6 heteroatoms. The van der Waals surface area contributed by atoms with Crippen molar-refractivity contribution >= 4 is 42.1 Å². The second-order valence-electron chi connectivity index (χ2n) is 6.12. The van der Waals surface area contributed by atoms with E-state index in [9.17, 15) is 0 Å². The molecule has 3 heterocycles. The third-order valence-corrected chi connectivity index (χ3v) is 5.11. The Morgan fingerprint density at radius 2 is 1.87 bits per heavy atom. The van der Waals surface area contributed by atoms with Gasteiger partial charge in [0.25, 0.3) is 0 Å². The average molecular weight is 373 g/mol. The van der Waals surface area contributed by atoms with Crippen LogP contribution in [0.3, 0.4) is 0 Å². The number of benzene rings is 1. The van der Waals surface area contributed by atoms with Gasteiger partial charge < -0.3 is 11.1 Å². The maximum Gasteiger partial charge on any atom is 0.136 e. The van der Waals surface area contributed by atoms with E-state index in [4.69, 9.17) is 17.3 Å². The number of nitrogens with one attached hydrogen (secondary N) is 1. The third kappa shape index (κ3) is 3.43. The lowest BCUT2D eigenvalue weighted by molar-refractivity contribution is 0.505. The maximum absolute atomic E-state index is 6.30. The summed E-state index contributed by atoms with van der Waals surface area (Å²) in [4.78, 5) is 4.41. The van der Waals surface area contributed by atoms with Crippen LogP contribution in [-0.4, -0.2) is 17.1 Å². The van der Waals surface area contributed by atoms with E-state index in [2.05, 4.69) is 16.4 Å². The monoisotopic (exact) mass is 371 g/mol. The summed E-state index contributed by atoms with van der Waals surface area (Å²) in [6, 6.07) is 11.3. The van der Waals surface area contributed by atoms with Gasteiger partial charge in [0, 0.05) is 35.4 Å². The quantitative estimate of drug-likeness (QED) is 0.605. The average Bonchev–Trinajstić information content (AvgIpc) is 3.12. The molecule has 2 aromatic rings. The lowest BCUT2D eigenvalue weighted by atomic mass is 9.84. The van der Waals surface area contributed by atoms with Gasteiger partial charge in [-0.3, -0.25) is 0 Å². The Kier molecular flexibility index (Phi) is 5.79. The molecule has 2 aliphatic heterocycles. The van der Waals surface area contributed by atoms with Crippen LogP contribution < -0.4 is 11.1 Å². The van der Waals surface area contributed by atoms with Crippen molar-refractivity contribution in [3.05, 3.63) is 47.2 Å². The van der Waals surface area contributed by atoms with Crippen LogP contribution in [0.4, 0.5) is 5.69 Å². The number of rotatable bonds is 2. The summed E-state index contributed by atoms with van der Waals surface area (Å²) >= 11 is 6.30. The summed E-state index contributed by atoms with van der Waals surface area (Å²) in [5.41, 5.74) is 9.88. The zero-order valence-corrected chi connectivity index (χ0v) is 14.9. The molecular formula is C17H20Cl3N3. The summed E-state index contributed by atoms with van der Waals surface area (Å²) in [6.07, 6.45) is 5.74. The molecule has 3 atom stereocenters. The summed E-state index contributed by atoms with van der Waals surface area (Å²) in [7, 11) is 0. The van der Waals surface area contributed by atoms with Crippen molar-refractivity contribution in [2.75, 3.05) is 5.73 Å². The van der Waals surface area contributed by atoms with Gasteiger partial charge in [-0.05, 0) is 48.6 Å². The molecule has 0 radical (unpaired) electrons. The van der Waals surface area contributed by atoms with Gasteiger partial charge in [0.05, 0.1) is 0 Å². The minimum Gasteiger partial charge on any atom is -0.399 e. The second-order valence-corrected chi connectivity index (χ2v) is 6.48. The smallest absolute Gasteiger partial charge is 0.136 e. The Labute approximate surface area is 153 Å². The third-order valence-electron chi connectivity index (χ3n) is 4.81. The summed E-state index contributed by atoms with van der Waals surface area (Å²) < 4.78 is 0. The largest absolute Gasteiger partial charge is 0.399 e. The number of nitrogens with zero attached hydrogens (tertiary/aromatic N) is 1. The lowest BCUT2D eigenvalue weighted by Crippen LogP contribution is -2.21. The Bertz CT molecular complexity index is 675. The van der Waals surface area contributed by atoms with Crippen LogP contribution in [0.5, 0.6) is 0 Å². The highest BCUT2D eigenvalue weighted by molar-refractivity contribution is 6.32.